The molecule has 0 radical (unpaired) electrons. The fourth-order valence-corrected chi connectivity index (χ4v) is 5.93. The Balaban J connectivity index is 1.51. The first kappa shape index (κ1) is 13.6. The smallest absolute Gasteiger partial charge is 0.0309 e. The highest BCUT2D eigenvalue weighted by molar-refractivity contribution is 5.05. The molecule has 4 aliphatic rings. The lowest BCUT2D eigenvalue weighted by molar-refractivity contribution is 0.00481. The molecule has 114 valence electrons. The summed E-state index contributed by atoms with van der Waals surface area (Å²) in [6.45, 7) is 5.01. The lowest BCUT2D eigenvalue weighted by Crippen LogP contribution is -2.67. The molecule has 0 amide bonds. The van der Waals surface area contributed by atoms with Crippen LogP contribution in [0.25, 0.3) is 0 Å². The average Bonchev–Trinajstić information content (AvgIpc) is 3.11. The molecule has 0 aromatic rings. The van der Waals surface area contributed by atoms with Gasteiger partial charge >= 0.3 is 0 Å². The highest BCUT2D eigenvalue weighted by atomic mass is 15.3. The van der Waals surface area contributed by atoms with Crippen LogP contribution in [0.15, 0.2) is 0 Å². The van der Waals surface area contributed by atoms with Crippen LogP contribution in [0.3, 0.4) is 0 Å². The van der Waals surface area contributed by atoms with Crippen LogP contribution < -0.4 is 5.32 Å². The fraction of sp³-hybridized carbons (Fsp3) is 1.00. The molecule has 2 bridgehead atoms. The minimum atomic E-state index is 0.492. The molecule has 3 aliphatic carbocycles. The molecule has 1 spiro atoms. The Hall–Kier alpha value is -0.0800. The third-order valence-corrected chi connectivity index (χ3v) is 7.08. The minimum Gasteiger partial charge on any atom is -0.308 e. The monoisotopic (exact) mass is 276 g/mol. The Morgan fingerprint density at radius 2 is 1.95 bits per heavy atom. The van der Waals surface area contributed by atoms with Crippen LogP contribution in [0, 0.1) is 11.8 Å². The van der Waals surface area contributed by atoms with Gasteiger partial charge in [-0.05, 0) is 50.4 Å². The molecule has 3 saturated carbocycles. The number of nitrogens with one attached hydrogen (secondary N) is 1. The molecule has 4 atom stereocenters. The van der Waals surface area contributed by atoms with Crippen LogP contribution in [0.2, 0.25) is 0 Å². The number of fused-ring (bicyclic) bond motifs is 2. The summed E-state index contributed by atoms with van der Waals surface area (Å²) in [5, 5.41) is 3.99. The van der Waals surface area contributed by atoms with Gasteiger partial charge in [0.1, 0.15) is 0 Å². The number of hydrogen-bond acceptors (Lipinski definition) is 2. The van der Waals surface area contributed by atoms with Gasteiger partial charge < -0.3 is 5.32 Å². The van der Waals surface area contributed by atoms with E-state index in [2.05, 4.69) is 17.1 Å². The van der Waals surface area contributed by atoms with E-state index in [0.29, 0.717) is 5.54 Å². The summed E-state index contributed by atoms with van der Waals surface area (Å²) in [5.41, 5.74) is 0.492. The molecular weight excluding hydrogens is 244 g/mol. The van der Waals surface area contributed by atoms with Crippen molar-refractivity contribution in [2.45, 2.75) is 88.8 Å². The zero-order chi connectivity index (χ0) is 13.6. The maximum Gasteiger partial charge on any atom is 0.0309 e. The van der Waals surface area contributed by atoms with Crippen molar-refractivity contribution in [3.8, 4) is 0 Å². The van der Waals surface area contributed by atoms with Gasteiger partial charge in [-0.15, -0.1) is 0 Å². The SMILES string of the molecule is CCC1CNC2(CCCCC2)CN1C1CC2CCC1C2. The summed E-state index contributed by atoms with van der Waals surface area (Å²) in [4.78, 5) is 2.99. The van der Waals surface area contributed by atoms with E-state index >= 15 is 0 Å². The highest BCUT2D eigenvalue weighted by Gasteiger charge is 2.48. The van der Waals surface area contributed by atoms with E-state index in [1.54, 1.807) is 6.42 Å². The number of nitrogens with zero attached hydrogens (tertiary/aromatic N) is 1. The van der Waals surface area contributed by atoms with Gasteiger partial charge in [0.15, 0.2) is 0 Å². The highest BCUT2D eigenvalue weighted by Crippen LogP contribution is 2.48. The molecule has 0 aromatic heterocycles. The van der Waals surface area contributed by atoms with Crippen LogP contribution in [-0.4, -0.2) is 35.6 Å². The molecule has 2 heteroatoms. The van der Waals surface area contributed by atoms with Crippen molar-refractivity contribution in [2.24, 2.45) is 11.8 Å². The molecule has 4 fully saturated rings. The molecule has 2 nitrogen and oxygen atoms in total. The van der Waals surface area contributed by atoms with Crippen molar-refractivity contribution < 1.29 is 0 Å². The summed E-state index contributed by atoms with van der Waals surface area (Å²) in [6, 6.07) is 1.76. The molecule has 1 N–H and O–H groups in total. The molecule has 1 heterocycles. The van der Waals surface area contributed by atoms with E-state index < -0.39 is 0 Å². The van der Waals surface area contributed by atoms with E-state index in [1.165, 1.54) is 70.9 Å². The first-order valence-electron chi connectivity index (χ1n) is 9.30. The number of hydrogen-bond donors (Lipinski definition) is 1. The molecule has 1 saturated heterocycles. The normalized spacial score (nSPS) is 44.2. The Bertz CT molecular complexity index is 347. The van der Waals surface area contributed by atoms with Gasteiger partial charge in [0.05, 0.1) is 0 Å². The molecule has 0 aromatic carbocycles. The summed E-state index contributed by atoms with van der Waals surface area (Å²) >= 11 is 0. The molecular formula is C18H32N2. The van der Waals surface area contributed by atoms with Crippen molar-refractivity contribution >= 4 is 0 Å². The van der Waals surface area contributed by atoms with Crippen LogP contribution in [0.1, 0.15) is 71.1 Å². The topological polar surface area (TPSA) is 15.3 Å². The predicted molar refractivity (Wildman–Crippen MR) is 83.8 cm³/mol. The Kier molecular flexibility index (Phi) is 3.58. The van der Waals surface area contributed by atoms with Crippen molar-refractivity contribution in [3.63, 3.8) is 0 Å². The van der Waals surface area contributed by atoms with E-state index in [4.69, 9.17) is 0 Å². The molecule has 1 aliphatic heterocycles. The van der Waals surface area contributed by atoms with Crippen molar-refractivity contribution in [1.82, 2.24) is 10.2 Å². The van der Waals surface area contributed by atoms with Crippen LogP contribution >= 0.6 is 0 Å². The minimum absolute atomic E-state index is 0.492. The number of piperazine rings is 1. The second-order valence-corrected chi connectivity index (χ2v) is 8.20. The first-order chi connectivity index (χ1) is 9.80. The van der Waals surface area contributed by atoms with E-state index in [-0.39, 0.29) is 0 Å². The lowest BCUT2D eigenvalue weighted by atomic mass is 9.78. The molecule has 4 rings (SSSR count). The largest absolute Gasteiger partial charge is 0.308 e. The maximum absolute atomic E-state index is 3.99. The fourth-order valence-electron chi connectivity index (χ4n) is 5.93. The summed E-state index contributed by atoms with van der Waals surface area (Å²) in [7, 11) is 0. The van der Waals surface area contributed by atoms with Crippen molar-refractivity contribution in [3.05, 3.63) is 0 Å². The quantitative estimate of drug-likeness (QED) is 0.829. The van der Waals surface area contributed by atoms with E-state index in [9.17, 15) is 0 Å². The molecule has 4 unspecified atom stereocenters. The first-order valence-corrected chi connectivity index (χ1v) is 9.30. The van der Waals surface area contributed by atoms with Gasteiger partial charge in [-0.3, -0.25) is 4.90 Å². The average molecular weight is 276 g/mol. The van der Waals surface area contributed by atoms with Crippen LogP contribution in [0.5, 0.6) is 0 Å². The van der Waals surface area contributed by atoms with Gasteiger partial charge in [-0.2, -0.15) is 0 Å². The van der Waals surface area contributed by atoms with Gasteiger partial charge in [0, 0.05) is 30.7 Å². The van der Waals surface area contributed by atoms with E-state index in [0.717, 1.165) is 23.9 Å². The zero-order valence-electron chi connectivity index (χ0n) is 13.2. The summed E-state index contributed by atoms with van der Waals surface area (Å²) in [5.74, 6) is 2.13. The van der Waals surface area contributed by atoms with Crippen molar-refractivity contribution in [1.29, 1.82) is 0 Å². The maximum atomic E-state index is 3.99. The summed E-state index contributed by atoms with van der Waals surface area (Å²) in [6.07, 6.45) is 14.7. The Morgan fingerprint density at radius 3 is 2.60 bits per heavy atom. The third-order valence-electron chi connectivity index (χ3n) is 7.08. The Morgan fingerprint density at radius 1 is 1.10 bits per heavy atom. The second-order valence-electron chi connectivity index (χ2n) is 8.20. The van der Waals surface area contributed by atoms with E-state index in [1.807, 2.05) is 0 Å². The van der Waals surface area contributed by atoms with Gasteiger partial charge in [0.25, 0.3) is 0 Å². The second kappa shape index (κ2) is 5.28. The zero-order valence-corrected chi connectivity index (χ0v) is 13.2. The third kappa shape index (κ3) is 2.23. The summed E-state index contributed by atoms with van der Waals surface area (Å²) < 4.78 is 0. The lowest BCUT2D eigenvalue weighted by Gasteiger charge is -2.53. The van der Waals surface area contributed by atoms with Crippen LogP contribution in [-0.2, 0) is 0 Å². The molecule has 20 heavy (non-hydrogen) atoms. The predicted octanol–water partition coefficient (Wildman–Crippen LogP) is 3.56. The van der Waals surface area contributed by atoms with Crippen molar-refractivity contribution in [2.75, 3.05) is 13.1 Å². The number of rotatable bonds is 2. The van der Waals surface area contributed by atoms with Gasteiger partial charge in [-0.1, -0.05) is 32.6 Å². The Labute approximate surface area is 124 Å². The van der Waals surface area contributed by atoms with Crippen LogP contribution in [0.4, 0.5) is 0 Å². The van der Waals surface area contributed by atoms with Gasteiger partial charge in [0.2, 0.25) is 0 Å². The standard InChI is InChI=1S/C18H32N2/c1-2-16-12-19-18(8-4-3-5-9-18)13-20(16)17-11-14-6-7-15(17)10-14/h14-17,19H,2-13H2,1H3. The van der Waals surface area contributed by atoms with Gasteiger partial charge in [-0.25, -0.2) is 0 Å².